The molecule has 0 bridgehead atoms. The lowest BCUT2D eigenvalue weighted by molar-refractivity contribution is 0.0162. The number of piperidine rings is 1. The number of aryl methyl sites for hydroxylation is 2. The normalized spacial score (nSPS) is 22.4. The third-order valence-corrected chi connectivity index (χ3v) is 5.54. The van der Waals surface area contributed by atoms with Gasteiger partial charge in [-0.15, -0.1) is 0 Å². The van der Waals surface area contributed by atoms with Crippen molar-refractivity contribution in [3.63, 3.8) is 0 Å². The molecule has 0 saturated carbocycles. The van der Waals surface area contributed by atoms with Gasteiger partial charge in [-0.05, 0) is 59.3 Å². The Balaban J connectivity index is 1.41. The SMILES string of the molecule is CN=C(NCCC1CCCN(C(=O)OC(C)(C)C)C1)NC1CCc2nc(C)nn2C1. The summed E-state index contributed by atoms with van der Waals surface area (Å²) >= 11 is 0. The summed E-state index contributed by atoms with van der Waals surface area (Å²) in [6.07, 6.45) is 4.92. The Morgan fingerprint density at radius 2 is 2.10 bits per heavy atom. The molecule has 2 aliphatic heterocycles. The first-order valence-corrected chi connectivity index (χ1v) is 11.1. The van der Waals surface area contributed by atoms with Gasteiger partial charge in [0.1, 0.15) is 17.2 Å². The Morgan fingerprint density at radius 1 is 1.30 bits per heavy atom. The minimum absolute atomic E-state index is 0.197. The molecule has 1 aromatic rings. The average Bonchev–Trinajstić information content (AvgIpc) is 3.05. The second-order valence-corrected chi connectivity index (χ2v) is 9.36. The zero-order valence-electron chi connectivity index (χ0n) is 19.1. The monoisotopic (exact) mass is 419 g/mol. The van der Waals surface area contributed by atoms with Crippen LogP contribution in [0.2, 0.25) is 0 Å². The van der Waals surface area contributed by atoms with Crippen LogP contribution in [0, 0.1) is 12.8 Å². The van der Waals surface area contributed by atoms with Crippen LogP contribution in [0.3, 0.4) is 0 Å². The summed E-state index contributed by atoms with van der Waals surface area (Å²) < 4.78 is 7.52. The number of aliphatic imine (C=N–C) groups is 1. The summed E-state index contributed by atoms with van der Waals surface area (Å²) in [6.45, 7) is 10.8. The van der Waals surface area contributed by atoms with Gasteiger partial charge in [0, 0.05) is 39.1 Å². The van der Waals surface area contributed by atoms with E-state index in [9.17, 15) is 4.79 Å². The first kappa shape index (κ1) is 22.4. The first-order chi connectivity index (χ1) is 14.2. The number of ether oxygens (including phenoxy) is 1. The molecule has 3 heterocycles. The number of likely N-dealkylation sites (tertiary alicyclic amines) is 1. The molecule has 1 fully saturated rings. The molecule has 0 radical (unpaired) electrons. The molecule has 0 aliphatic carbocycles. The number of carbonyl (C=O) groups excluding carboxylic acids is 1. The van der Waals surface area contributed by atoms with Crippen molar-refractivity contribution in [2.24, 2.45) is 10.9 Å². The number of fused-ring (bicyclic) bond motifs is 1. The van der Waals surface area contributed by atoms with Gasteiger partial charge in [-0.25, -0.2) is 14.5 Å². The highest BCUT2D eigenvalue weighted by Gasteiger charge is 2.27. The van der Waals surface area contributed by atoms with Crippen molar-refractivity contribution in [2.45, 2.75) is 78.0 Å². The maximum absolute atomic E-state index is 12.3. The second kappa shape index (κ2) is 9.66. The third kappa shape index (κ3) is 6.34. The minimum Gasteiger partial charge on any atom is -0.444 e. The summed E-state index contributed by atoms with van der Waals surface area (Å²) in [5.74, 6) is 3.20. The fraction of sp³-hybridized carbons (Fsp3) is 0.810. The molecule has 9 nitrogen and oxygen atoms in total. The van der Waals surface area contributed by atoms with Crippen LogP contribution in [0.15, 0.2) is 4.99 Å². The Kier molecular flexibility index (Phi) is 7.20. The lowest BCUT2D eigenvalue weighted by atomic mass is 9.95. The zero-order chi connectivity index (χ0) is 21.7. The van der Waals surface area contributed by atoms with Crippen LogP contribution in [-0.4, -0.2) is 70.0 Å². The molecule has 3 rings (SSSR count). The number of guanidine groups is 1. The Labute approximate surface area is 179 Å². The van der Waals surface area contributed by atoms with Crippen molar-refractivity contribution >= 4 is 12.1 Å². The maximum Gasteiger partial charge on any atom is 0.410 e. The van der Waals surface area contributed by atoms with Gasteiger partial charge in [0.15, 0.2) is 5.96 Å². The Bertz CT molecular complexity index is 753. The smallest absolute Gasteiger partial charge is 0.410 e. The summed E-state index contributed by atoms with van der Waals surface area (Å²) in [5, 5.41) is 11.4. The highest BCUT2D eigenvalue weighted by molar-refractivity contribution is 5.79. The number of hydrogen-bond donors (Lipinski definition) is 2. The van der Waals surface area contributed by atoms with E-state index < -0.39 is 5.60 Å². The van der Waals surface area contributed by atoms with E-state index in [0.717, 1.165) is 75.9 Å². The Hall–Kier alpha value is -2.32. The van der Waals surface area contributed by atoms with Crippen molar-refractivity contribution < 1.29 is 9.53 Å². The molecule has 0 aromatic carbocycles. The number of amides is 1. The van der Waals surface area contributed by atoms with Crippen LogP contribution < -0.4 is 10.6 Å². The summed E-state index contributed by atoms with van der Waals surface area (Å²) in [5.41, 5.74) is -0.450. The van der Waals surface area contributed by atoms with Crippen LogP contribution in [-0.2, 0) is 17.7 Å². The number of nitrogens with zero attached hydrogens (tertiary/aromatic N) is 5. The molecule has 2 aliphatic rings. The van der Waals surface area contributed by atoms with Gasteiger partial charge in [0.05, 0.1) is 6.54 Å². The van der Waals surface area contributed by atoms with Crippen LogP contribution >= 0.6 is 0 Å². The summed E-state index contributed by atoms with van der Waals surface area (Å²) in [4.78, 5) is 23.0. The van der Waals surface area contributed by atoms with Crippen molar-refractivity contribution in [3.05, 3.63) is 11.6 Å². The average molecular weight is 420 g/mol. The van der Waals surface area contributed by atoms with E-state index in [1.807, 2.05) is 37.3 Å². The van der Waals surface area contributed by atoms with Crippen LogP contribution in [0.1, 0.15) is 58.1 Å². The molecule has 2 unspecified atom stereocenters. The van der Waals surface area contributed by atoms with Crippen molar-refractivity contribution in [2.75, 3.05) is 26.7 Å². The fourth-order valence-electron chi connectivity index (χ4n) is 4.13. The molecule has 1 amide bonds. The number of aromatic nitrogens is 3. The third-order valence-electron chi connectivity index (χ3n) is 5.54. The highest BCUT2D eigenvalue weighted by atomic mass is 16.6. The summed E-state index contributed by atoms with van der Waals surface area (Å²) in [6, 6.07) is 0.294. The highest BCUT2D eigenvalue weighted by Crippen LogP contribution is 2.21. The lowest BCUT2D eigenvalue weighted by Crippen LogP contribution is -2.48. The predicted octanol–water partition coefficient (Wildman–Crippen LogP) is 2.10. The molecule has 1 aromatic heterocycles. The van der Waals surface area contributed by atoms with E-state index in [2.05, 4.69) is 25.7 Å². The first-order valence-electron chi connectivity index (χ1n) is 11.1. The molecular weight excluding hydrogens is 382 g/mol. The minimum atomic E-state index is -0.450. The fourth-order valence-corrected chi connectivity index (χ4v) is 4.13. The van der Waals surface area contributed by atoms with Crippen LogP contribution in [0.25, 0.3) is 0 Å². The van der Waals surface area contributed by atoms with Crippen LogP contribution in [0.4, 0.5) is 4.79 Å². The van der Waals surface area contributed by atoms with Gasteiger partial charge in [-0.2, -0.15) is 5.10 Å². The molecule has 9 heteroatoms. The number of rotatable bonds is 4. The molecule has 2 atom stereocenters. The molecule has 0 spiro atoms. The van der Waals surface area contributed by atoms with Gasteiger partial charge in [-0.1, -0.05) is 0 Å². The van der Waals surface area contributed by atoms with E-state index in [1.165, 1.54) is 0 Å². The lowest BCUT2D eigenvalue weighted by Gasteiger charge is -2.34. The second-order valence-electron chi connectivity index (χ2n) is 9.36. The van der Waals surface area contributed by atoms with Gasteiger partial charge in [0.2, 0.25) is 0 Å². The van der Waals surface area contributed by atoms with Gasteiger partial charge in [-0.3, -0.25) is 4.99 Å². The van der Waals surface area contributed by atoms with Gasteiger partial charge < -0.3 is 20.3 Å². The largest absolute Gasteiger partial charge is 0.444 e. The maximum atomic E-state index is 12.3. The van der Waals surface area contributed by atoms with Crippen molar-refractivity contribution in [1.29, 1.82) is 0 Å². The molecule has 30 heavy (non-hydrogen) atoms. The standard InChI is InChI=1S/C21H37N7O2/c1-15-24-18-9-8-17(14-28(18)26-15)25-19(22-5)23-11-10-16-7-6-12-27(13-16)20(29)30-21(2,3)4/h16-17H,6-14H2,1-5H3,(H2,22,23,25). The molecule has 1 saturated heterocycles. The molecule has 168 valence electrons. The predicted molar refractivity (Wildman–Crippen MR) is 117 cm³/mol. The topological polar surface area (TPSA) is 96.7 Å². The Morgan fingerprint density at radius 3 is 2.83 bits per heavy atom. The zero-order valence-corrected chi connectivity index (χ0v) is 19.1. The summed E-state index contributed by atoms with van der Waals surface area (Å²) in [7, 11) is 1.80. The quantitative estimate of drug-likeness (QED) is 0.573. The van der Waals surface area contributed by atoms with Gasteiger partial charge >= 0.3 is 6.09 Å². The van der Waals surface area contributed by atoms with Crippen molar-refractivity contribution in [1.82, 2.24) is 30.3 Å². The van der Waals surface area contributed by atoms with E-state index in [0.29, 0.717) is 12.0 Å². The number of nitrogens with one attached hydrogen (secondary N) is 2. The number of hydrogen-bond acceptors (Lipinski definition) is 5. The van der Waals surface area contributed by atoms with Crippen LogP contribution in [0.5, 0.6) is 0 Å². The molecule has 2 N–H and O–H groups in total. The van der Waals surface area contributed by atoms with E-state index in [4.69, 9.17) is 4.74 Å². The van der Waals surface area contributed by atoms with Crippen molar-refractivity contribution in [3.8, 4) is 0 Å². The van der Waals surface area contributed by atoms with E-state index >= 15 is 0 Å². The molecular formula is C21H37N7O2. The van der Waals surface area contributed by atoms with E-state index in [1.54, 1.807) is 7.05 Å². The van der Waals surface area contributed by atoms with E-state index in [-0.39, 0.29) is 6.09 Å². The number of carbonyl (C=O) groups is 1. The van der Waals surface area contributed by atoms with Gasteiger partial charge in [0.25, 0.3) is 0 Å².